The lowest BCUT2D eigenvalue weighted by atomic mass is 10.1. The van der Waals surface area contributed by atoms with Gasteiger partial charge in [-0.3, -0.25) is 4.79 Å². The molecule has 3 N–H and O–H groups in total. The van der Waals surface area contributed by atoms with E-state index in [-0.39, 0.29) is 18.1 Å². The van der Waals surface area contributed by atoms with Gasteiger partial charge in [-0.15, -0.1) is 11.8 Å². The Morgan fingerprint density at radius 1 is 1.12 bits per heavy atom. The molecule has 8 nitrogen and oxygen atoms in total. The van der Waals surface area contributed by atoms with Crippen LogP contribution in [-0.4, -0.2) is 34.8 Å². The molecule has 11 heteroatoms. The SMILES string of the molecule is O=C(O)CSC1N=C(c2ccc(-c3cccc(OCc4cccc(OC(F)F)c4)c3)o2)NN1. The van der Waals surface area contributed by atoms with Crippen LogP contribution in [0, 0.1) is 0 Å². The topological polar surface area (TPSA) is 105 Å². The van der Waals surface area contributed by atoms with Gasteiger partial charge in [0.2, 0.25) is 0 Å². The van der Waals surface area contributed by atoms with E-state index in [4.69, 9.17) is 14.3 Å². The number of thioether (sulfide) groups is 1. The summed E-state index contributed by atoms with van der Waals surface area (Å²) in [5, 5.41) is 8.78. The van der Waals surface area contributed by atoms with Crippen molar-refractivity contribution in [1.29, 1.82) is 0 Å². The van der Waals surface area contributed by atoms with Crippen molar-refractivity contribution in [3.05, 3.63) is 72.0 Å². The molecule has 0 bridgehead atoms. The van der Waals surface area contributed by atoms with Crippen LogP contribution in [0.1, 0.15) is 11.3 Å². The number of carboxylic acids is 1. The molecular weight excluding hydrogens is 456 g/mol. The van der Waals surface area contributed by atoms with Gasteiger partial charge < -0.3 is 24.4 Å². The van der Waals surface area contributed by atoms with E-state index in [1.807, 2.05) is 12.1 Å². The number of hydrogen-bond donors (Lipinski definition) is 3. The minimum atomic E-state index is -2.88. The first kappa shape index (κ1) is 22.6. The number of halogens is 2. The predicted molar refractivity (Wildman–Crippen MR) is 118 cm³/mol. The van der Waals surface area contributed by atoms with Gasteiger partial charge in [0, 0.05) is 5.56 Å². The zero-order valence-electron chi connectivity index (χ0n) is 17.0. The molecule has 1 aromatic heterocycles. The quantitative estimate of drug-likeness (QED) is 0.403. The summed E-state index contributed by atoms with van der Waals surface area (Å²) >= 11 is 1.14. The molecule has 2 heterocycles. The van der Waals surface area contributed by atoms with E-state index in [2.05, 4.69) is 20.6 Å². The normalized spacial score (nSPS) is 15.2. The van der Waals surface area contributed by atoms with Gasteiger partial charge in [0.25, 0.3) is 0 Å². The van der Waals surface area contributed by atoms with Gasteiger partial charge in [0.15, 0.2) is 17.1 Å². The zero-order valence-corrected chi connectivity index (χ0v) is 17.9. The number of furan rings is 1. The summed E-state index contributed by atoms with van der Waals surface area (Å²) in [6.45, 7) is -2.71. The molecule has 2 aromatic carbocycles. The van der Waals surface area contributed by atoms with E-state index in [0.29, 0.717) is 28.7 Å². The molecule has 0 spiro atoms. The number of alkyl halides is 2. The molecule has 4 rings (SSSR count). The molecule has 3 aromatic rings. The second kappa shape index (κ2) is 10.4. The number of rotatable bonds is 10. The van der Waals surface area contributed by atoms with Gasteiger partial charge in [-0.25, -0.2) is 10.4 Å². The van der Waals surface area contributed by atoms with Crippen molar-refractivity contribution in [1.82, 2.24) is 10.9 Å². The molecule has 0 saturated carbocycles. The highest BCUT2D eigenvalue weighted by molar-refractivity contribution is 8.00. The Balaban J connectivity index is 1.40. The summed E-state index contributed by atoms with van der Waals surface area (Å²) in [6, 6.07) is 17.1. The van der Waals surface area contributed by atoms with Crippen LogP contribution in [0.4, 0.5) is 8.78 Å². The number of carbonyl (C=O) groups is 1. The molecule has 1 aliphatic rings. The van der Waals surface area contributed by atoms with Crippen LogP contribution in [0.15, 0.2) is 70.1 Å². The van der Waals surface area contributed by atoms with Crippen LogP contribution in [-0.2, 0) is 11.4 Å². The highest BCUT2D eigenvalue weighted by Gasteiger charge is 2.21. The summed E-state index contributed by atoms with van der Waals surface area (Å²) in [5.41, 5.74) is 6.81. The Morgan fingerprint density at radius 3 is 2.73 bits per heavy atom. The number of hydrogen-bond acceptors (Lipinski definition) is 8. The van der Waals surface area contributed by atoms with Crippen molar-refractivity contribution < 1.29 is 32.6 Å². The van der Waals surface area contributed by atoms with Crippen LogP contribution in [0.5, 0.6) is 11.5 Å². The average Bonchev–Trinajstić information content (AvgIpc) is 3.46. The minimum Gasteiger partial charge on any atom is -0.489 e. The smallest absolute Gasteiger partial charge is 0.387 e. The van der Waals surface area contributed by atoms with Gasteiger partial charge >= 0.3 is 12.6 Å². The van der Waals surface area contributed by atoms with E-state index in [0.717, 1.165) is 17.3 Å². The van der Waals surface area contributed by atoms with Crippen molar-refractivity contribution in [3.8, 4) is 22.8 Å². The fourth-order valence-electron chi connectivity index (χ4n) is 3.00. The van der Waals surface area contributed by atoms with Gasteiger partial charge in [0.1, 0.15) is 23.9 Å². The van der Waals surface area contributed by atoms with Gasteiger partial charge in [-0.2, -0.15) is 8.78 Å². The van der Waals surface area contributed by atoms with E-state index in [1.165, 1.54) is 12.1 Å². The number of benzene rings is 2. The molecule has 0 fully saturated rings. The number of ether oxygens (including phenoxy) is 2. The van der Waals surface area contributed by atoms with E-state index >= 15 is 0 Å². The third-order valence-corrected chi connectivity index (χ3v) is 5.36. The molecular formula is C22H19F2N3O5S. The Hall–Kier alpha value is -3.57. The fraction of sp³-hybridized carbons (Fsp3) is 0.182. The van der Waals surface area contributed by atoms with E-state index in [1.54, 1.807) is 36.4 Å². The highest BCUT2D eigenvalue weighted by atomic mass is 32.2. The Labute approximate surface area is 191 Å². The van der Waals surface area contributed by atoms with Crippen molar-refractivity contribution in [2.24, 2.45) is 4.99 Å². The summed E-state index contributed by atoms with van der Waals surface area (Å²) in [7, 11) is 0. The first-order valence-corrected chi connectivity index (χ1v) is 10.8. The molecule has 0 amide bonds. The summed E-state index contributed by atoms with van der Waals surface area (Å²) in [6.07, 6.45) is 0. The Bertz CT molecular complexity index is 1150. The zero-order chi connectivity index (χ0) is 23.2. The highest BCUT2D eigenvalue weighted by Crippen LogP contribution is 2.27. The third kappa shape index (κ3) is 6.24. The molecule has 0 radical (unpaired) electrons. The first-order valence-electron chi connectivity index (χ1n) is 9.76. The lowest BCUT2D eigenvalue weighted by Gasteiger charge is -2.09. The predicted octanol–water partition coefficient (Wildman–Crippen LogP) is 4.08. The molecule has 1 atom stereocenters. The van der Waals surface area contributed by atoms with Crippen molar-refractivity contribution in [2.45, 2.75) is 18.7 Å². The third-order valence-electron chi connectivity index (χ3n) is 4.41. The second-order valence-electron chi connectivity index (χ2n) is 6.81. The fourth-order valence-corrected chi connectivity index (χ4v) is 3.63. The molecule has 1 aliphatic heterocycles. The Morgan fingerprint density at radius 2 is 1.91 bits per heavy atom. The standard InChI is InChI=1S/C22H19F2N3O5S/c23-21(24)31-16-6-1-3-13(9-16)11-30-15-5-2-4-14(10-15)17-7-8-18(32-17)20-25-22(27-26-20)33-12-19(28)29/h1-10,21-22,27H,11-12H2,(H,25,26)(H,28,29). The molecule has 172 valence electrons. The molecule has 0 saturated heterocycles. The van der Waals surface area contributed by atoms with Gasteiger partial charge in [-0.1, -0.05) is 24.3 Å². The molecule has 33 heavy (non-hydrogen) atoms. The van der Waals surface area contributed by atoms with Crippen LogP contribution in [0.25, 0.3) is 11.3 Å². The summed E-state index contributed by atoms with van der Waals surface area (Å²) in [5.74, 6) is 1.23. The summed E-state index contributed by atoms with van der Waals surface area (Å²) < 4.78 is 40.9. The maximum Gasteiger partial charge on any atom is 0.387 e. The number of carboxylic acid groups (broad SMARTS) is 1. The van der Waals surface area contributed by atoms with E-state index in [9.17, 15) is 13.6 Å². The number of nitrogens with zero attached hydrogens (tertiary/aromatic N) is 1. The largest absolute Gasteiger partial charge is 0.489 e. The maximum absolute atomic E-state index is 12.4. The second-order valence-corrected chi connectivity index (χ2v) is 7.88. The maximum atomic E-state index is 12.4. The average molecular weight is 475 g/mol. The van der Waals surface area contributed by atoms with Gasteiger partial charge in [-0.05, 0) is 42.0 Å². The lowest BCUT2D eigenvalue weighted by molar-refractivity contribution is -0.133. The number of nitrogens with one attached hydrogen (secondary N) is 2. The van der Waals surface area contributed by atoms with Crippen LogP contribution < -0.4 is 20.3 Å². The van der Waals surface area contributed by atoms with Crippen molar-refractivity contribution >= 4 is 23.6 Å². The minimum absolute atomic E-state index is 0.0736. The lowest BCUT2D eigenvalue weighted by Crippen LogP contribution is -2.34. The first-order chi connectivity index (χ1) is 16.0. The van der Waals surface area contributed by atoms with Crippen molar-refractivity contribution in [2.75, 3.05) is 5.75 Å². The number of aliphatic carboxylic acids is 1. The monoisotopic (exact) mass is 475 g/mol. The molecule has 0 aliphatic carbocycles. The number of amidine groups is 1. The number of hydrazine groups is 1. The van der Waals surface area contributed by atoms with E-state index < -0.39 is 18.1 Å². The van der Waals surface area contributed by atoms with Crippen LogP contribution >= 0.6 is 11.8 Å². The molecule has 1 unspecified atom stereocenters. The Kier molecular flexibility index (Phi) is 7.10. The van der Waals surface area contributed by atoms with Gasteiger partial charge in [0.05, 0.1) is 5.75 Å². The van der Waals surface area contributed by atoms with Crippen molar-refractivity contribution in [3.63, 3.8) is 0 Å². The summed E-state index contributed by atoms with van der Waals surface area (Å²) in [4.78, 5) is 15.1. The number of aliphatic imine (C=N–C) groups is 1. The van der Waals surface area contributed by atoms with Crippen LogP contribution in [0.2, 0.25) is 0 Å². The van der Waals surface area contributed by atoms with Crippen LogP contribution in [0.3, 0.4) is 0 Å².